The van der Waals surface area contributed by atoms with Gasteiger partial charge in [0.1, 0.15) is 0 Å². The molecule has 31 heavy (non-hydrogen) atoms. The highest BCUT2D eigenvalue weighted by Crippen LogP contribution is 2.25. The van der Waals surface area contributed by atoms with Gasteiger partial charge in [0.15, 0.2) is 11.0 Å². The first-order valence-corrected chi connectivity index (χ1v) is 11.2. The van der Waals surface area contributed by atoms with E-state index in [9.17, 15) is 9.59 Å². The van der Waals surface area contributed by atoms with Gasteiger partial charge < -0.3 is 14.8 Å². The maximum Gasteiger partial charge on any atom is 0.243 e. The SMILES string of the molecule is CCn1c(SCC(=O)N(C)CC(=O)Nc2ccc(C)cc2)nnc1-c1ccc(Cl)cc1. The summed E-state index contributed by atoms with van der Waals surface area (Å²) in [5.41, 5.74) is 2.72. The minimum absolute atomic E-state index is 0.0240. The predicted molar refractivity (Wildman–Crippen MR) is 124 cm³/mol. The van der Waals surface area contributed by atoms with Crippen molar-refractivity contribution in [1.82, 2.24) is 19.7 Å². The molecule has 0 aliphatic heterocycles. The summed E-state index contributed by atoms with van der Waals surface area (Å²) in [7, 11) is 1.61. The highest BCUT2D eigenvalue weighted by molar-refractivity contribution is 7.99. The molecule has 0 atom stereocenters. The summed E-state index contributed by atoms with van der Waals surface area (Å²) in [6, 6.07) is 14.9. The van der Waals surface area contributed by atoms with Crippen LogP contribution in [0.2, 0.25) is 5.02 Å². The standard InChI is InChI=1S/C22H24ClN5O2S/c1-4-28-21(16-7-9-17(23)10-8-16)25-26-22(28)31-14-20(30)27(3)13-19(29)24-18-11-5-15(2)6-12-18/h5-12H,4,13-14H2,1-3H3,(H,24,29). The second kappa shape index (κ2) is 10.5. The number of carbonyl (C=O) groups excluding carboxylic acids is 2. The van der Waals surface area contributed by atoms with Crippen molar-refractivity contribution in [2.75, 3.05) is 24.7 Å². The van der Waals surface area contributed by atoms with Crippen LogP contribution in [-0.2, 0) is 16.1 Å². The maximum absolute atomic E-state index is 12.5. The van der Waals surface area contributed by atoms with E-state index in [0.29, 0.717) is 22.4 Å². The summed E-state index contributed by atoms with van der Waals surface area (Å²) >= 11 is 7.26. The van der Waals surface area contributed by atoms with Crippen LogP contribution in [0, 0.1) is 6.92 Å². The fourth-order valence-corrected chi connectivity index (χ4v) is 3.94. The second-order valence-electron chi connectivity index (χ2n) is 7.01. The number of nitrogens with one attached hydrogen (secondary N) is 1. The predicted octanol–water partition coefficient (Wildman–Crippen LogP) is 4.12. The van der Waals surface area contributed by atoms with Gasteiger partial charge in [0.05, 0.1) is 12.3 Å². The van der Waals surface area contributed by atoms with Crippen LogP contribution in [-0.4, -0.2) is 50.8 Å². The zero-order valence-corrected chi connectivity index (χ0v) is 19.2. The molecule has 1 N–H and O–H groups in total. The molecule has 0 spiro atoms. The maximum atomic E-state index is 12.5. The van der Waals surface area contributed by atoms with Crippen molar-refractivity contribution in [3.8, 4) is 11.4 Å². The molecule has 3 aromatic rings. The van der Waals surface area contributed by atoms with Gasteiger partial charge in [-0.2, -0.15) is 0 Å². The van der Waals surface area contributed by atoms with E-state index in [1.807, 2.05) is 54.8 Å². The zero-order chi connectivity index (χ0) is 22.4. The summed E-state index contributed by atoms with van der Waals surface area (Å²) in [6.45, 7) is 4.61. The molecule has 0 saturated heterocycles. The third-order valence-electron chi connectivity index (χ3n) is 4.60. The Morgan fingerprint density at radius 3 is 2.42 bits per heavy atom. The summed E-state index contributed by atoms with van der Waals surface area (Å²) < 4.78 is 1.95. The molecule has 0 bridgehead atoms. The number of amides is 2. The van der Waals surface area contributed by atoms with E-state index in [1.165, 1.54) is 16.7 Å². The average Bonchev–Trinajstić information content (AvgIpc) is 3.17. The third-order valence-corrected chi connectivity index (χ3v) is 5.81. The van der Waals surface area contributed by atoms with Gasteiger partial charge in [-0.05, 0) is 50.2 Å². The summed E-state index contributed by atoms with van der Waals surface area (Å²) in [5, 5.41) is 12.6. The average molecular weight is 458 g/mol. The molecular formula is C22H24ClN5O2S. The smallest absolute Gasteiger partial charge is 0.243 e. The molecule has 0 aliphatic carbocycles. The van der Waals surface area contributed by atoms with Crippen LogP contribution in [0.15, 0.2) is 53.7 Å². The van der Waals surface area contributed by atoms with E-state index in [1.54, 1.807) is 19.2 Å². The number of benzene rings is 2. The van der Waals surface area contributed by atoms with Crippen LogP contribution in [0.4, 0.5) is 5.69 Å². The molecular weight excluding hydrogens is 434 g/mol. The van der Waals surface area contributed by atoms with E-state index in [-0.39, 0.29) is 24.1 Å². The number of nitrogens with zero attached hydrogens (tertiary/aromatic N) is 4. The Bertz CT molecular complexity index is 1050. The van der Waals surface area contributed by atoms with Gasteiger partial charge in [0, 0.05) is 29.9 Å². The quantitative estimate of drug-likeness (QED) is 0.515. The highest BCUT2D eigenvalue weighted by Gasteiger charge is 2.17. The van der Waals surface area contributed by atoms with Crippen molar-refractivity contribution < 1.29 is 9.59 Å². The summed E-state index contributed by atoms with van der Waals surface area (Å²) in [6.07, 6.45) is 0. The first kappa shape index (κ1) is 22.8. The largest absolute Gasteiger partial charge is 0.336 e. The molecule has 3 rings (SSSR count). The molecule has 2 aromatic carbocycles. The van der Waals surface area contributed by atoms with Crippen LogP contribution in [0.1, 0.15) is 12.5 Å². The summed E-state index contributed by atoms with van der Waals surface area (Å²) in [4.78, 5) is 26.1. The van der Waals surface area contributed by atoms with Crippen molar-refractivity contribution in [2.24, 2.45) is 0 Å². The van der Waals surface area contributed by atoms with E-state index in [0.717, 1.165) is 17.0 Å². The van der Waals surface area contributed by atoms with Gasteiger partial charge in [-0.3, -0.25) is 9.59 Å². The van der Waals surface area contributed by atoms with Crippen molar-refractivity contribution in [1.29, 1.82) is 0 Å². The van der Waals surface area contributed by atoms with E-state index in [4.69, 9.17) is 11.6 Å². The topological polar surface area (TPSA) is 80.1 Å². The van der Waals surface area contributed by atoms with Gasteiger partial charge in [0.25, 0.3) is 0 Å². The van der Waals surface area contributed by atoms with Crippen LogP contribution >= 0.6 is 23.4 Å². The zero-order valence-electron chi connectivity index (χ0n) is 17.6. The molecule has 7 nitrogen and oxygen atoms in total. The van der Waals surface area contributed by atoms with Crippen molar-refractivity contribution in [3.63, 3.8) is 0 Å². The lowest BCUT2D eigenvalue weighted by atomic mass is 10.2. The number of hydrogen-bond acceptors (Lipinski definition) is 5. The molecule has 0 saturated carbocycles. The number of carbonyl (C=O) groups is 2. The Labute approximate surface area is 190 Å². The van der Waals surface area contributed by atoms with Gasteiger partial charge in [0.2, 0.25) is 11.8 Å². The number of aryl methyl sites for hydroxylation is 1. The van der Waals surface area contributed by atoms with E-state index in [2.05, 4.69) is 15.5 Å². The van der Waals surface area contributed by atoms with Crippen molar-refractivity contribution >= 4 is 40.9 Å². The van der Waals surface area contributed by atoms with E-state index >= 15 is 0 Å². The highest BCUT2D eigenvalue weighted by atomic mass is 35.5. The van der Waals surface area contributed by atoms with Gasteiger partial charge in [-0.1, -0.05) is 41.1 Å². The van der Waals surface area contributed by atoms with Crippen molar-refractivity contribution in [2.45, 2.75) is 25.5 Å². The first-order valence-electron chi connectivity index (χ1n) is 9.79. The Morgan fingerprint density at radius 1 is 1.10 bits per heavy atom. The first-order chi connectivity index (χ1) is 14.9. The third kappa shape index (κ3) is 6.08. The number of likely N-dealkylation sites (N-methyl/N-ethyl adjacent to an activating group) is 1. The lowest BCUT2D eigenvalue weighted by Crippen LogP contribution is -2.36. The lowest BCUT2D eigenvalue weighted by molar-refractivity contribution is -0.131. The number of aromatic nitrogens is 3. The van der Waals surface area contributed by atoms with Crippen molar-refractivity contribution in [3.05, 3.63) is 59.1 Å². The molecule has 2 amide bonds. The van der Waals surface area contributed by atoms with Crippen LogP contribution in [0.5, 0.6) is 0 Å². The molecule has 1 heterocycles. The fraction of sp³-hybridized carbons (Fsp3) is 0.273. The van der Waals surface area contributed by atoms with Crippen LogP contribution in [0.25, 0.3) is 11.4 Å². The minimum Gasteiger partial charge on any atom is -0.336 e. The molecule has 9 heteroatoms. The Hall–Kier alpha value is -2.84. The van der Waals surface area contributed by atoms with Crippen LogP contribution in [0.3, 0.4) is 0 Å². The summed E-state index contributed by atoms with van der Waals surface area (Å²) in [5.74, 6) is 0.474. The molecule has 0 aliphatic rings. The van der Waals surface area contributed by atoms with Crippen LogP contribution < -0.4 is 5.32 Å². The van der Waals surface area contributed by atoms with E-state index < -0.39 is 0 Å². The Morgan fingerprint density at radius 2 is 1.77 bits per heavy atom. The number of anilines is 1. The van der Waals surface area contributed by atoms with Gasteiger partial charge in [-0.15, -0.1) is 10.2 Å². The molecule has 0 radical (unpaired) electrons. The fourth-order valence-electron chi connectivity index (χ4n) is 2.87. The molecule has 0 fully saturated rings. The molecule has 162 valence electrons. The minimum atomic E-state index is -0.244. The normalized spacial score (nSPS) is 10.7. The number of hydrogen-bond donors (Lipinski definition) is 1. The molecule has 0 unspecified atom stereocenters. The molecule has 1 aromatic heterocycles. The number of halogens is 1. The lowest BCUT2D eigenvalue weighted by Gasteiger charge is -2.16. The Kier molecular flexibility index (Phi) is 7.70. The number of rotatable bonds is 8. The van der Waals surface area contributed by atoms with Gasteiger partial charge in [-0.25, -0.2) is 0 Å². The Balaban J connectivity index is 1.56. The second-order valence-corrected chi connectivity index (χ2v) is 8.39. The number of thioether (sulfide) groups is 1. The van der Waals surface area contributed by atoms with Gasteiger partial charge >= 0.3 is 0 Å². The monoisotopic (exact) mass is 457 g/mol.